The number of hydrogen-bond acceptors (Lipinski definition) is 4. The molecule has 0 saturated carbocycles. The molecule has 0 spiro atoms. The fourth-order valence-corrected chi connectivity index (χ4v) is 1.86. The molecule has 3 rings (SSSR count). The maximum Gasteiger partial charge on any atom is 0.157 e. The van der Waals surface area contributed by atoms with E-state index < -0.39 is 0 Å². The van der Waals surface area contributed by atoms with E-state index >= 15 is 0 Å². The molecule has 0 aliphatic carbocycles. The van der Waals surface area contributed by atoms with Crippen LogP contribution in [0.5, 0.6) is 11.5 Å². The number of anilines is 2. The third kappa shape index (κ3) is 2.92. The summed E-state index contributed by atoms with van der Waals surface area (Å²) in [6.07, 6.45) is 0. The van der Waals surface area contributed by atoms with Crippen LogP contribution in [0.4, 0.5) is 11.4 Å². The first kappa shape index (κ1) is 13.5. The van der Waals surface area contributed by atoms with Crippen molar-refractivity contribution < 1.29 is 10.2 Å². The lowest BCUT2D eigenvalue weighted by Gasteiger charge is -2.03. The van der Waals surface area contributed by atoms with Crippen molar-refractivity contribution in [2.24, 2.45) is 0 Å². The lowest BCUT2D eigenvalue weighted by atomic mass is 10.1. The SMILES string of the molecule is Nc1cccc2cccc(N)c12.Oc1ccccc1O. The van der Waals surface area contributed by atoms with Gasteiger partial charge in [-0.1, -0.05) is 36.4 Å². The Morgan fingerprint density at radius 1 is 0.600 bits per heavy atom. The molecule has 0 heterocycles. The molecule has 0 aliphatic heterocycles. The maximum absolute atomic E-state index is 8.67. The van der Waals surface area contributed by atoms with Crippen LogP contribution in [0.15, 0.2) is 60.7 Å². The first-order valence-corrected chi connectivity index (χ1v) is 6.09. The van der Waals surface area contributed by atoms with Crippen LogP contribution in [0.3, 0.4) is 0 Å². The lowest BCUT2D eigenvalue weighted by molar-refractivity contribution is 0.404. The highest BCUT2D eigenvalue weighted by molar-refractivity contribution is 6.01. The Morgan fingerprint density at radius 3 is 1.40 bits per heavy atom. The molecule has 6 N–H and O–H groups in total. The zero-order chi connectivity index (χ0) is 14.5. The summed E-state index contributed by atoms with van der Waals surface area (Å²) in [4.78, 5) is 0. The highest BCUT2D eigenvalue weighted by atomic mass is 16.3. The highest BCUT2D eigenvalue weighted by Crippen LogP contribution is 2.26. The van der Waals surface area contributed by atoms with Crippen LogP contribution in [-0.4, -0.2) is 10.2 Å². The zero-order valence-corrected chi connectivity index (χ0v) is 10.8. The summed E-state index contributed by atoms with van der Waals surface area (Å²) >= 11 is 0. The number of nitrogens with two attached hydrogens (primary N) is 2. The minimum absolute atomic E-state index is 0.0764. The van der Waals surface area contributed by atoms with Gasteiger partial charge in [-0.05, 0) is 29.7 Å². The molecule has 0 aliphatic rings. The summed E-state index contributed by atoms with van der Waals surface area (Å²) < 4.78 is 0. The summed E-state index contributed by atoms with van der Waals surface area (Å²) in [7, 11) is 0. The number of rotatable bonds is 0. The number of aromatic hydroxyl groups is 2. The number of fused-ring (bicyclic) bond motifs is 1. The van der Waals surface area contributed by atoms with Crippen molar-refractivity contribution in [3.63, 3.8) is 0 Å². The molecule has 0 atom stereocenters. The van der Waals surface area contributed by atoms with Crippen LogP contribution < -0.4 is 11.5 Å². The number of phenolic OH excluding ortho intramolecular Hbond substituents is 2. The van der Waals surface area contributed by atoms with Gasteiger partial charge in [0, 0.05) is 16.8 Å². The number of benzene rings is 3. The van der Waals surface area contributed by atoms with Gasteiger partial charge in [-0.25, -0.2) is 0 Å². The van der Waals surface area contributed by atoms with E-state index in [1.807, 2.05) is 36.4 Å². The number of nitrogen functional groups attached to an aromatic ring is 2. The molecular weight excluding hydrogens is 252 g/mol. The van der Waals surface area contributed by atoms with E-state index in [2.05, 4.69) is 0 Å². The Morgan fingerprint density at radius 2 is 1.05 bits per heavy atom. The standard InChI is InChI=1S/C10H10N2.C6H6O2/c11-8-5-1-3-7-4-2-6-9(12)10(7)8;7-5-3-1-2-4-6(5)8/h1-6H,11-12H2;1-4,7-8H. The monoisotopic (exact) mass is 268 g/mol. The second-order valence-corrected chi connectivity index (χ2v) is 4.28. The normalized spacial score (nSPS) is 9.80. The summed E-state index contributed by atoms with van der Waals surface area (Å²) in [5, 5.41) is 19.4. The molecule has 4 nitrogen and oxygen atoms in total. The average Bonchev–Trinajstić information content (AvgIpc) is 2.43. The summed E-state index contributed by atoms with van der Waals surface area (Å²) in [6.45, 7) is 0. The van der Waals surface area contributed by atoms with Gasteiger partial charge in [0.1, 0.15) is 0 Å². The topological polar surface area (TPSA) is 92.5 Å². The molecule has 102 valence electrons. The average molecular weight is 268 g/mol. The van der Waals surface area contributed by atoms with Gasteiger partial charge in [-0.3, -0.25) is 0 Å². The molecule has 0 radical (unpaired) electrons. The van der Waals surface area contributed by atoms with Gasteiger partial charge in [0.05, 0.1) is 0 Å². The second kappa shape index (κ2) is 5.84. The zero-order valence-electron chi connectivity index (χ0n) is 10.8. The predicted octanol–water partition coefficient (Wildman–Crippen LogP) is 3.10. The van der Waals surface area contributed by atoms with E-state index in [4.69, 9.17) is 21.7 Å². The van der Waals surface area contributed by atoms with E-state index in [0.717, 1.165) is 22.1 Å². The largest absolute Gasteiger partial charge is 0.504 e. The Labute approximate surface area is 116 Å². The van der Waals surface area contributed by atoms with Crippen molar-refractivity contribution in [2.75, 3.05) is 11.5 Å². The van der Waals surface area contributed by atoms with E-state index in [1.54, 1.807) is 12.1 Å². The fraction of sp³-hybridized carbons (Fsp3) is 0. The third-order valence-electron chi connectivity index (χ3n) is 2.85. The molecule has 0 amide bonds. The first-order valence-electron chi connectivity index (χ1n) is 6.09. The van der Waals surface area contributed by atoms with Crippen LogP contribution in [-0.2, 0) is 0 Å². The smallest absolute Gasteiger partial charge is 0.157 e. The molecule has 0 unspecified atom stereocenters. The van der Waals surface area contributed by atoms with Gasteiger partial charge in [0.15, 0.2) is 11.5 Å². The van der Waals surface area contributed by atoms with Crippen molar-refractivity contribution >= 4 is 22.1 Å². The van der Waals surface area contributed by atoms with E-state index in [9.17, 15) is 0 Å². The molecule has 0 aromatic heterocycles. The first-order chi connectivity index (χ1) is 9.59. The summed E-state index contributed by atoms with van der Waals surface area (Å²) in [6, 6.07) is 17.7. The van der Waals surface area contributed by atoms with Gasteiger partial charge in [0.2, 0.25) is 0 Å². The van der Waals surface area contributed by atoms with Crippen molar-refractivity contribution in [3.05, 3.63) is 60.7 Å². The lowest BCUT2D eigenvalue weighted by Crippen LogP contribution is -1.91. The quantitative estimate of drug-likeness (QED) is 0.372. The minimum Gasteiger partial charge on any atom is -0.504 e. The predicted molar refractivity (Wildman–Crippen MR) is 82.5 cm³/mol. The molecule has 3 aromatic carbocycles. The summed E-state index contributed by atoms with van der Waals surface area (Å²) in [5.41, 5.74) is 13.0. The Balaban J connectivity index is 0.000000160. The second-order valence-electron chi connectivity index (χ2n) is 4.28. The van der Waals surface area contributed by atoms with Crippen molar-refractivity contribution in [1.29, 1.82) is 0 Å². The van der Waals surface area contributed by atoms with Crippen molar-refractivity contribution in [2.45, 2.75) is 0 Å². The minimum atomic E-state index is -0.0764. The van der Waals surface area contributed by atoms with E-state index in [0.29, 0.717) is 0 Å². The van der Waals surface area contributed by atoms with Gasteiger partial charge >= 0.3 is 0 Å². The van der Waals surface area contributed by atoms with Gasteiger partial charge < -0.3 is 21.7 Å². The van der Waals surface area contributed by atoms with Crippen molar-refractivity contribution in [1.82, 2.24) is 0 Å². The van der Waals surface area contributed by atoms with Gasteiger partial charge in [-0.2, -0.15) is 0 Å². The highest BCUT2D eigenvalue weighted by Gasteiger charge is 1.99. The Hall–Kier alpha value is -2.88. The molecule has 0 bridgehead atoms. The number of phenols is 2. The Bertz CT molecular complexity index is 669. The van der Waals surface area contributed by atoms with Crippen LogP contribution in [0.25, 0.3) is 10.8 Å². The Kier molecular flexibility index (Phi) is 3.96. The van der Waals surface area contributed by atoms with E-state index in [1.165, 1.54) is 12.1 Å². The molecule has 0 saturated heterocycles. The summed E-state index contributed by atoms with van der Waals surface area (Å²) in [5.74, 6) is -0.153. The van der Waals surface area contributed by atoms with Gasteiger partial charge in [-0.15, -0.1) is 0 Å². The van der Waals surface area contributed by atoms with Gasteiger partial charge in [0.25, 0.3) is 0 Å². The molecular formula is C16H16N2O2. The fourth-order valence-electron chi connectivity index (χ4n) is 1.86. The van der Waals surface area contributed by atoms with Crippen LogP contribution in [0.1, 0.15) is 0 Å². The third-order valence-corrected chi connectivity index (χ3v) is 2.85. The maximum atomic E-state index is 8.67. The molecule has 20 heavy (non-hydrogen) atoms. The number of para-hydroxylation sites is 2. The molecule has 0 fully saturated rings. The number of hydrogen-bond donors (Lipinski definition) is 4. The van der Waals surface area contributed by atoms with Crippen LogP contribution in [0.2, 0.25) is 0 Å². The molecule has 4 heteroatoms. The van der Waals surface area contributed by atoms with E-state index in [-0.39, 0.29) is 11.5 Å². The molecule has 3 aromatic rings. The van der Waals surface area contributed by atoms with Crippen LogP contribution in [0, 0.1) is 0 Å². The van der Waals surface area contributed by atoms with Crippen LogP contribution >= 0.6 is 0 Å². The van der Waals surface area contributed by atoms with Crippen molar-refractivity contribution in [3.8, 4) is 11.5 Å².